The molecule has 1 unspecified atom stereocenters. The molecular formula is C18H15F3N2O4S. The molecule has 1 N–H and O–H groups in total. The maximum Gasteiger partial charge on any atom is 0.416 e. The molecular weight excluding hydrogens is 397 g/mol. The SMILES string of the molecule is COc1ccc(N=C2NC(=O)C(Cc3cccc(C(F)(F)F)c3)S2(=O)=O)cc1. The highest BCUT2D eigenvalue weighted by Crippen LogP contribution is 2.30. The zero-order valence-corrected chi connectivity index (χ0v) is 15.3. The zero-order chi connectivity index (χ0) is 20.5. The Morgan fingerprint density at radius 3 is 2.43 bits per heavy atom. The molecule has 0 saturated carbocycles. The predicted molar refractivity (Wildman–Crippen MR) is 96.1 cm³/mol. The van der Waals surface area contributed by atoms with E-state index < -0.39 is 37.9 Å². The third-order valence-electron chi connectivity index (χ3n) is 4.15. The van der Waals surface area contributed by atoms with Crippen LogP contribution in [0, 0.1) is 0 Å². The van der Waals surface area contributed by atoms with E-state index in [4.69, 9.17) is 4.74 Å². The standard InChI is InChI=1S/C18H15F3N2O4S/c1-27-14-7-5-13(6-8-14)22-17-23-16(24)15(28(17,25)26)10-11-3-2-4-12(9-11)18(19,20)21/h2-9,15H,10H2,1H3,(H,22,23,24). The summed E-state index contributed by atoms with van der Waals surface area (Å²) in [5.74, 6) is -0.283. The van der Waals surface area contributed by atoms with E-state index in [1.54, 1.807) is 12.1 Å². The van der Waals surface area contributed by atoms with Gasteiger partial charge in [-0.15, -0.1) is 0 Å². The Hall–Kier alpha value is -2.88. The lowest BCUT2D eigenvalue weighted by atomic mass is 10.1. The molecule has 0 bridgehead atoms. The monoisotopic (exact) mass is 412 g/mol. The van der Waals surface area contributed by atoms with Crippen LogP contribution in [-0.4, -0.2) is 31.9 Å². The summed E-state index contributed by atoms with van der Waals surface area (Å²) in [6.45, 7) is 0. The maximum atomic E-state index is 12.8. The van der Waals surface area contributed by atoms with Gasteiger partial charge < -0.3 is 4.74 Å². The van der Waals surface area contributed by atoms with Gasteiger partial charge in [0.1, 0.15) is 5.75 Å². The molecule has 6 nitrogen and oxygen atoms in total. The molecule has 1 saturated heterocycles. The molecule has 0 spiro atoms. The predicted octanol–water partition coefficient (Wildman–Crippen LogP) is 2.86. The van der Waals surface area contributed by atoms with E-state index in [2.05, 4.69) is 10.3 Å². The van der Waals surface area contributed by atoms with E-state index in [1.165, 1.54) is 31.4 Å². The van der Waals surface area contributed by atoms with Gasteiger partial charge >= 0.3 is 6.18 Å². The molecule has 1 fully saturated rings. The summed E-state index contributed by atoms with van der Waals surface area (Å²) in [5, 5.41) is 0.130. The van der Waals surface area contributed by atoms with Crippen LogP contribution < -0.4 is 10.1 Å². The minimum absolute atomic E-state index is 0.0873. The Labute approximate surface area is 159 Å². The van der Waals surface area contributed by atoms with Gasteiger partial charge in [0.15, 0.2) is 5.25 Å². The fraction of sp³-hybridized carbons (Fsp3) is 0.222. The number of halogens is 3. The quantitative estimate of drug-likeness (QED) is 0.837. The van der Waals surface area contributed by atoms with Crippen LogP contribution >= 0.6 is 0 Å². The molecule has 0 radical (unpaired) electrons. The number of carbonyl (C=O) groups is 1. The number of aliphatic imine (C=N–C) groups is 1. The smallest absolute Gasteiger partial charge is 0.416 e. The first-order valence-corrected chi connectivity index (χ1v) is 9.59. The third-order valence-corrected chi connectivity index (χ3v) is 6.01. The Bertz CT molecular complexity index is 1030. The van der Waals surface area contributed by atoms with E-state index in [0.29, 0.717) is 5.75 Å². The fourth-order valence-corrected chi connectivity index (χ4v) is 4.19. The Kier molecular flexibility index (Phi) is 5.16. The summed E-state index contributed by atoms with van der Waals surface area (Å²) < 4.78 is 68.8. The number of carbonyl (C=O) groups excluding carboxylic acids is 1. The lowest BCUT2D eigenvalue weighted by Gasteiger charge is -2.10. The van der Waals surface area contributed by atoms with Crippen LogP contribution in [-0.2, 0) is 27.2 Å². The van der Waals surface area contributed by atoms with Crippen LogP contribution in [0.5, 0.6) is 5.75 Å². The number of sulfone groups is 1. The Balaban J connectivity index is 1.87. The van der Waals surface area contributed by atoms with Gasteiger partial charge in [-0.05, 0) is 42.3 Å². The maximum absolute atomic E-state index is 12.8. The minimum atomic E-state index is -4.56. The number of ether oxygens (including phenoxy) is 1. The molecule has 3 rings (SSSR count). The zero-order valence-electron chi connectivity index (χ0n) is 14.5. The van der Waals surface area contributed by atoms with E-state index in [1.807, 2.05) is 0 Å². The number of hydrogen-bond acceptors (Lipinski definition) is 5. The van der Waals surface area contributed by atoms with Crippen molar-refractivity contribution in [2.24, 2.45) is 4.99 Å². The number of nitrogens with zero attached hydrogens (tertiary/aromatic N) is 1. The molecule has 1 heterocycles. The number of methoxy groups -OCH3 is 1. The fourth-order valence-electron chi connectivity index (χ4n) is 2.69. The number of rotatable bonds is 4. The van der Waals surface area contributed by atoms with Crippen LogP contribution in [0.25, 0.3) is 0 Å². The number of benzene rings is 2. The second-order valence-electron chi connectivity index (χ2n) is 6.04. The van der Waals surface area contributed by atoms with Crippen LogP contribution in [0.4, 0.5) is 18.9 Å². The topological polar surface area (TPSA) is 84.8 Å². The second-order valence-corrected chi connectivity index (χ2v) is 8.09. The molecule has 2 aromatic rings. The first-order valence-electron chi connectivity index (χ1n) is 8.05. The lowest BCUT2D eigenvalue weighted by Crippen LogP contribution is -2.27. The number of nitrogens with one attached hydrogen (secondary N) is 1. The van der Waals surface area contributed by atoms with Crippen LogP contribution in [0.3, 0.4) is 0 Å². The average molecular weight is 412 g/mol. The van der Waals surface area contributed by atoms with E-state index >= 15 is 0 Å². The van der Waals surface area contributed by atoms with Crippen molar-refractivity contribution in [3.05, 3.63) is 59.7 Å². The van der Waals surface area contributed by atoms with Crippen molar-refractivity contribution < 1.29 is 31.1 Å². The summed E-state index contributed by atoms with van der Waals surface area (Å²) in [6, 6.07) is 10.4. The van der Waals surface area contributed by atoms with Gasteiger partial charge in [0.05, 0.1) is 18.4 Å². The normalized spacial score (nSPS) is 20.2. The number of alkyl halides is 3. The number of hydrogen-bond donors (Lipinski definition) is 1. The van der Waals surface area contributed by atoms with Crippen molar-refractivity contribution in [3.63, 3.8) is 0 Å². The van der Waals surface area contributed by atoms with Crippen LogP contribution in [0.1, 0.15) is 11.1 Å². The summed E-state index contributed by atoms with van der Waals surface area (Å²) in [6.07, 6.45) is -4.95. The van der Waals surface area contributed by atoms with Crippen molar-refractivity contribution in [1.82, 2.24) is 5.32 Å². The van der Waals surface area contributed by atoms with Crippen LogP contribution in [0.15, 0.2) is 53.5 Å². The van der Waals surface area contributed by atoms with Gasteiger partial charge in [-0.25, -0.2) is 13.4 Å². The minimum Gasteiger partial charge on any atom is -0.497 e. The Morgan fingerprint density at radius 2 is 1.82 bits per heavy atom. The molecule has 2 aromatic carbocycles. The highest BCUT2D eigenvalue weighted by molar-refractivity contribution is 8.08. The summed E-state index contributed by atoms with van der Waals surface area (Å²) >= 11 is 0. The second kappa shape index (κ2) is 7.27. The molecule has 1 atom stereocenters. The number of amidine groups is 1. The van der Waals surface area contributed by atoms with Crippen molar-refractivity contribution in [1.29, 1.82) is 0 Å². The molecule has 0 aromatic heterocycles. The van der Waals surface area contributed by atoms with Gasteiger partial charge in [0.25, 0.3) is 0 Å². The highest BCUT2D eigenvalue weighted by atomic mass is 32.2. The van der Waals surface area contributed by atoms with Crippen molar-refractivity contribution in [2.45, 2.75) is 17.8 Å². The molecule has 10 heteroatoms. The largest absolute Gasteiger partial charge is 0.497 e. The number of amides is 1. The molecule has 1 aliphatic heterocycles. The van der Waals surface area contributed by atoms with Crippen LogP contribution in [0.2, 0.25) is 0 Å². The molecule has 1 aliphatic rings. The van der Waals surface area contributed by atoms with E-state index in [0.717, 1.165) is 12.1 Å². The average Bonchev–Trinajstić information content (AvgIpc) is 2.85. The molecule has 1 amide bonds. The van der Waals surface area contributed by atoms with Crippen molar-refractivity contribution in [3.8, 4) is 5.75 Å². The summed E-state index contributed by atoms with van der Waals surface area (Å²) in [4.78, 5) is 16.1. The first kappa shape index (κ1) is 19.9. The Morgan fingerprint density at radius 1 is 1.14 bits per heavy atom. The van der Waals surface area contributed by atoms with Gasteiger partial charge in [0, 0.05) is 0 Å². The van der Waals surface area contributed by atoms with E-state index in [-0.39, 0.29) is 17.7 Å². The molecule has 148 valence electrons. The van der Waals surface area contributed by atoms with Crippen molar-refractivity contribution >= 4 is 26.6 Å². The third kappa shape index (κ3) is 4.01. The summed E-state index contributed by atoms with van der Waals surface area (Å²) in [5.41, 5.74) is -0.545. The molecule has 0 aliphatic carbocycles. The van der Waals surface area contributed by atoms with E-state index in [9.17, 15) is 26.4 Å². The summed E-state index contributed by atoms with van der Waals surface area (Å²) in [7, 11) is -2.69. The first-order chi connectivity index (χ1) is 13.1. The van der Waals surface area contributed by atoms with Gasteiger partial charge in [-0.1, -0.05) is 18.2 Å². The van der Waals surface area contributed by atoms with Gasteiger partial charge in [-0.2, -0.15) is 13.2 Å². The van der Waals surface area contributed by atoms with Gasteiger partial charge in [-0.3, -0.25) is 10.1 Å². The molecule has 28 heavy (non-hydrogen) atoms. The van der Waals surface area contributed by atoms with Crippen molar-refractivity contribution in [2.75, 3.05) is 7.11 Å². The lowest BCUT2D eigenvalue weighted by molar-refractivity contribution is -0.137. The highest BCUT2D eigenvalue weighted by Gasteiger charge is 2.45. The van der Waals surface area contributed by atoms with Gasteiger partial charge in [0.2, 0.25) is 20.9 Å².